The van der Waals surface area contributed by atoms with E-state index < -0.39 is 0 Å². The summed E-state index contributed by atoms with van der Waals surface area (Å²) in [5.41, 5.74) is 0. The fraction of sp³-hybridized carbons (Fsp3) is 1.00. The van der Waals surface area contributed by atoms with Crippen LogP contribution < -0.4 is 0 Å². The molecule has 0 amide bonds. The SMILES string of the molecule is C1CCN2CCCN(C3CCN(C4CC4)C3)CC2C1. The summed E-state index contributed by atoms with van der Waals surface area (Å²) in [5, 5.41) is 0. The molecule has 4 aliphatic rings. The summed E-state index contributed by atoms with van der Waals surface area (Å²) in [6.07, 6.45) is 10.1. The van der Waals surface area contributed by atoms with Gasteiger partial charge in [0.1, 0.15) is 0 Å². The molecule has 0 bridgehead atoms. The van der Waals surface area contributed by atoms with Crippen LogP contribution >= 0.6 is 0 Å². The lowest BCUT2D eigenvalue weighted by atomic mass is 10.0. The molecule has 0 aromatic rings. The third kappa shape index (κ3) is 2.70. The Morgan fingerprint density at radius 2 is 1.16 bits per heavy atom. The first-order valence-corrected chi connectivity index (χ1v) is 8.62. The van der Waals surface area contributed by atoms with Crippen LogP contribution in [-0.4, -0.2) is 72.1 Å². The molecule has 3 nitrogen and oxygen atoms in total. The summed E-state index contributed by atoms with van der Waals surface area (Å²) in [4.78, 5) is 8.42. The topological polar surface area (TPSA) is 9.72 Å². The molecule has 4 fully saturated rings. The molecule has 3 aliphatic heterocycles. The average molecular weight is 263 g/mol. The summed E-state index contributed by atoms with van der Waals surface area (Å²) >= 11 is 0. The number of likely N-dealkylation sites (tertiary alicyclic amines) is 1. The molecule has 0 radical (unpaired) electrons. The van der Waals surface area contributed by atoms with Crippen LogP contribution in [0.5, 0.6) is 0 Å². The van der Waals surface area contributed by atoms with Crippen LogP contribution in [0.25, 0.3) is 0 Å². The van der Waals surface area contributed by atoms with Crippen LogP contribution in [0.3, 0.4) is 0 Å². The van der Waals surface area contributed by atoms with Gasteiger partial charge in [-0.05, 0) is 58.2 Å². The van der Waals surface area contributed by atoms with Gasteiger partial charge < -0.3 is 0 Å². The number of hydrogen-bond acceptors (Lipinski definition) is 3. The predicted molar refractivity (Wildman–Crippen MR) is 78.4 cm³/mol. The molecule has 2 unspecified atom stereocenters. The zero-order chi connectivity index (χ0) is 12.7. The lowest BCUT2D eigenvalue weighted by Gasteiger charge is -2.37. The van der Waals surface area contributed by atoms with Gasteiger partial charge in [-0.15, -0.1) is 0 Å². The molecule has 4 rings (SSSR count). The lowest BCUT2D eigenvalue weighted by molar-refractivity contribution is 0.119. The normalized spacial score (nSPS) is 39.2. The predicted octanol–water partition coefficient (Wildman–Crippen LogP) is 1.78. The van der Waals surface area contributed by atoms with Gasteiger partial charge in [0, 0.05) is 37.8 Å². The monoisotopic (exact) mass is 263 g/mol. The molecule has 1 aliphatic carbocycles. The van der Waals surface area contributed by atoms with Gasteiger partial charge in [-0.2, -0.15) is 0 Å². The zero-order valence-corrected chi connectivity index (χ0v) is 12.3. The van der Waals surface area contributed by atoms with Crippen molar-refractivity contribution in [3.05, 3.63) is 0 Å². The highest BCUT2D eigenvalue weighted by molar-refractivity contribution is 4.94. The van der Waals surface area contributed by atoms with Crippen LogP contribution in [0.2, 0.25) is 0 Å². The third-order valence-corrected chi connectivity index (χ3v) is 5.86. The van der Waals surface area contributed by atoms with Gasteiger partial charge in [0.15, 0.2) is 0 Å². The third-order valence-electron chi connectivity index (χ3n) is 5.86. The first-order chi connectivity index (χ1) is 9.40. The molecular formula is C16H29N3. The van der Waals surface area contributed by atoms with Crippen LogP contribution in [0.15, 0.2) is 0 Å². The smallest absolute Gasteiger partial charge is 0.0236 e. The Hall–Kier alpha value is -0.120. The Labute approximate surface area is 117 Å². The molecule has 19 heavy (non-hydrogen) atoms. The van der Waals surface area contributed by atoms with Crippen LogP contribution in [0.4, 0.5) is 0 Å². The van der Waals surface area contributed by atoms with E-state index in [1.54, 1.807) is 0 Å². The quantitative estimate of drug-likeness (QED) is 0.752. The van der Waals surface area contributed by atoms with E-state index in [2.05, 4.69) is 14.7 Å². The molecule has 1 saturated carbocycles. The molecule has 108 valence electrons. The van der Waals surface area contributed by atoms with E-state index in [1.165, 1.54) is 84.2 Å². The van der Waals surface area contributed by atoms with E-state index in [-0.39, 0.29) is 0 Å². The highest BCUT2D eigenvalue weighted by Gasteiger charge is 2.38. The molecule has 0 N–H and O–H groups in total. The van der Waals surface area contributed by atoms with E-state index in [4.69, 9.17) is 0 Å². The molecule has 0 spiro atoms. The van der Waals surface area contributed by atoms with E-state index >= 15 is 0 Å². The van der Waals surface area contributed by atoms with Crippen molar-refractivity contribution in [1.82, 2.24) is 14.7 Å². The van der Waals surface area contributed by atoms with E-state index in [0.29, 0.717) is 0 Å². The van der Waals surface area contributed by atoms with Gasteiger partial charge in [0.05, 0.1) is 0 Å². The first-order valence-electron chi connectivity index (χ1n) is 8.62. The Kier molecular flexibility index (Phi) is 3.55. The van der Waals surface area contributed by atoms with Crippen molar-refractivity contribution in [1.29, 1.82) is 0 Å². The maximum atomic E-state index is 2.86. The van der Waals surface area contributed by atoms with Crippen molar-refractivity contribution < 1.29 is 0 Å². The summed E-state index contributed by atoms with van der Waals surface area (Å²) in [5.74, 6) is 0. The maximum Gasteiger partial charge on any atom is 0.0236 e. The number of hydrogen-bond donors (Lipinski definition) is 0. The maximum absolute atomic E-state index is 2.86. The van der Waals surface area contributed by atoms with E-state index in [1.807, 2.05) is 0 Å². The molecular weight excluding hydrogens is 234 g/mol. The van der Waals surface area contributed by atoms with E-state index in [0.717, 1.165) is 18.1 Å². The number of piperidine rings is 1. The van der Waals surface area contributed by atoms with Crippen molar-refractivity contribution in [2.24, 2.45) is 0 Å². The van der Waals surface area contributed by atoms with Crippen LogP contribution in [-0.2, 0) is 0 Å². The van der Waals surface area contributed by atoms with Crippen molar-refractivity contribution in [2.75, 3.05) is 39.3 Å². The minimum Gasteiger partial charge on any atom is -0.299 e. The van der Waals surface area contributed by atoms with Gasteiger partial charge >= 0.3 is 0 Å². The van der Waals surface area contributed by atoms with Crippen LogP contribution in [0, 0.1) is 0 Å². The Morgan fingerprint density at radius 3 is 2.00 bits per heavy atom. The van der Waals surface area contributed by atoms with Gasteiger partial charge in [-0.3, -0.25) is 14.7 Å². The Balaban J connectivity index is 1.37. The minimum absolute atomic E-state index is 0.877. The molecule has 3 saturated heterocycles. The highest BCUT2D eigenvalue weighted by Crippen LogP contribution is 2.32. The number of fused-ring (bicyclic) bond motifs is 1. The molecule has 3 heteroatoms. The fourth-order valence-corrected chi connectivity index (χ4v) is 4.57. The highest BCUT2D eigenvalue weighted by atomic mass is 15.3. The zero-order valence-electron chi connectivity index (χ0n) is 12.3. The second-order valence-corrected chi connectivity index (χ2v) is 7.20. The largest absolute Gasteiger partial charge is 0.299 e. The molecule has 0 aromatic carbocycles. The average Bonchev–Trinajstić information content (AvgIpc) is 3.21. The Bertz CT molecular complexity index is 315. The number of nitrogens with zero attached hydrogens (tertiary/aromatic N) is 3. The van der Waals surface area contributed by atoms with Gasteiger partial charge in [0.2, 0.25) is 0 Å². The van der Waals surface area contributed by atoms with Crippen molar-refractivity contribution in [2.45, 2.75) is 63.1 Å². The summed E-state index contributed by atoms with van der Waals surface area (Å²) < 4.78 is 0. The molecule has 0 aromatic heterocycles. The second kappa shape index (κ2) is 5.34. The van der Waals surface area contributed by atoms with Gasteiger partial charge in [0.25, 0.3) is 0 Å². The minimum atomic E-state index is 0.877. The molecule has 3 heterocycles. The van der Waals surface area contributed by atoms with Gasteiger partial charge in [-0.25, -0.2) is 0 Å². The summed E-state index contributed by atoms with van der Waals surface area (Å²) in [6, 6.07) is 2.73. The van der Waals surface area contributed by atoms with Crippen molar-refractivity contribution in [3.8, 4) is 0 Å². The van der Waals surface area contributed by atoms with E-state index in [9.17, 15) is 0 Å². The first kappa shape index (κ1) is 12.6. The molecule has 2 atom stereocenters. The lowest BCUT2D eigenvalue weighted by Crippen LogP contribution is -2.47. The van der Waals surface area contributed by atoms with Gasteiger partial charge in [-0.1, -0.05) is 6.42 Å². The standard InChI is InChI=1S/C16H29N3/c1-2-8-17-9-3-10-18(12-15(17)4-1)16-7-11-19(13-16)14-5-6-14/h14-16H,1-13H2. The number of rotatable bonds is 2. The summed E-state index contributed by atoms with van der Waals surface area (Å²) in [7, 11) is 0. The van der Waals surface area contributed by atoms with Crippen LogP contribution in [0.1, 0.15) is 44.9 Å². The fourth-order valence-electron chi connectivity index (χ4n) is 4.57. The van der Waals surface area contributed by atoms with Crippen molar-refractivity contribution in [3.63, 3.8) is 0 Å². The Morgan fingerprint density at radius 1 is 0.474 bits per heavy atom. The second-order valence-electron chi connectivity index (χ2n) is 7.20. The van der Waals surface area contributed by atoms with Crippen molar-refractivity contribution >= 4 is 0 Å². The summed E-state index contributed by atoms with van der Waals surface area (Å²) in [6.45, 7) is 8.20.